The number of nitrogens with one attached hydrogen (secondary N) is 1. The number of imidazole rings is 1. The molecule has 2 fully saturated rings. The van der Waals surface area contributed by atoms with E-state index in [-0.39, 0.29) is 23.7 Å². The molecule has 0 saturated carbocycles. The Morgan fingerprint density at radius 1 is 1.24 bits per heavy atom. The van der Waals surface area contributed by atoms with Gasteiger partial charge in [-0.1, -0.05) is 12.1 Å². The van der Waals surface area contributed by atoms with E-state index in [0.717, 1.165) is 11.3 Å². The lowest BCUT2D eigenvalue weighted by molar-refractivity contribution is -0.152. The van der Waals surface area contributed by atoms with E-state index in [1.54, 1.807) is 4.57 Å². The number of aromatic nitrogens is 4. The molecule has 5 rings (SSSR count). The number of hydrogen-bond acceptors (Lipinski definition) is 10. The zero-order valence-electron chi connectivity index (χ0n) is 17.7. The second kappa shape index (κ2) is 8.45. The summed E-state index contributed by atoms with van der Waals surface area (Å²) in [6.45, 7) is -0.193. The molecular weight excluding hydrogens is 455 g/mol. The van der Waals surface area contributed by atoms with Crippen molar-refractivity contribution in [2.24, 2.45) is 0 Å². The average molecular weight is 477 g/mol. The summed E-state index contributed by atoms with van der Waals surface area (Å²) in [6, 6.07) is 7.70. The molecule has 2 aliphatic heterocycles. The molecule has 0 aliphatic carbocycles. The summed E-state index contributed by atoms with van der Waals surface area (Å²) in [6.07, 6.45) is -2.02. The van der Waals surface area contributed by atoms with Gasteiger partial charge in [0, 0.05) is 29.9 Å². The van der Waals surface area contributed by atoms with E-state index in [2.05, 4.69) is 15.0 Å². The summed E-state index contributed by atoms with van der Waals surface area (Å²) in [5.41, 5.74) is 7.37. The number of aromatic amines is 1. The summed E-state index contributed by atoms with van der Waals surface area (Å²) < 4.78 is 35.9. The molecule has 33 heavy (non-hydrogen) atoms. The SMILES string of the molecule is CN(C)c1ccc(C2OC3C(O2)[C@@H](CO[P+](=O)O)O[C@H]3n2cnc3c(=O)[nH]c(N)nc32)cc1. The van der Waals surface area contributed by atoms with Crippen LogP contribution in [0.1, 0.15) is 18.1 Å². The van der Waals surface area contributed by atoms with Crippen molar-refractivity contribution >= 4 is 31.1 Å². The number of ether oxygens (including phenoxy) is 3. The van der Waals surface area contributed by atoms with Crippen molar-refractivity contribution in [2.45, 2.75) is 30.8 Å². The Kier molecular flexibility index (Phi) is 5.60. The van der Waals surface area contributed by atoms with E-state index in [1.165, 1.54) is 6.33 Å². The highest BCUT2D eigenvalue weighted by molar-refractivity contribution is 7.32. The molecule has 4 N–H and O–H groups in total. The fourth-order valence-electron chi connectivity index (χ4n) is 4.05. The minimum absolute atomic E-state index is 0.0663. The minimum atomic E-state index is -2.82. The monoisotopic (exact) mass is 477 g/mol. The highest BCUT2D eigenvalue weighted by Gasteiger charge is 2.54. The largest absolute Gasteiger partial charge is 0.694 e. The molecule has 0 bridgehead atoms. The van der Waals surface area contributed by atoms with E-state index in [4.69, 9.17) is 29.4 Å². The Morgan fingerprint density at radius 2 is 1.97 bits per heavy atom. The molecule has 2 aliphatic rings. The van der Waals surface area contributed by atoms with Crippen LogP contribution < -0.4 is 16.2 Å². The number of nitrogen functional groups attached to an aromatic ring is 1. The van der Waals surface area contributed by atoms with Gasteiger partial charge in [-0.2, -0.15) is 4.98 Å². The molecule has 14 heteroatoms. The van der Waals surface area contributed by atoms with Gasteiger partial charge < -0.3 is 24.8 Å². The van der Waals surface area contributed by atoms with Gasteiger partial charge in [0.15, 0.2) is 23.7 Å². The molecule has 0 amide bonds. The Labute approximate surface area is 188 Å². The van der Waals surface area contributed by atoms with Gasteiger partial charge in [-0.05, 0) is 12.1 Å². The Bertz CT molecular complexity index is 1250. The number of anilines is 2. The highest BCUT2D eigenvalue weighted by atomic mass is 31.1. The summed E-state index contributed by atoms with van der Waals surface area (Å²) in [7, 11) is 1.07. The zero-order valence-corrected chi connectivity index (χ0v) is 18.6. The summed E-state index contributed by atoms with van der Waals surface area (Å²) in [5, 5.41) is 0. The van der Waals surface area contributed by atoms with Crippen LogP contribution in [0.25, 0.3) is 11.2 Å². The lowest BCUT2D eigenvalue weighted by Gasteiger charge is -2.21. The third kappa shape index (κ3) is 3.99. The molecule has 4 heterocycles. The molecule has 174 valence electrons. The normalized spacial score (nSPS) is 27.1. The smallest absolute Gasteiger partial charge is 0.378 e. The molecule has 4 unspecified atom stereocenters. The van der Waals surface area contributed by atoms with Crippen LogP contribution >= 0.6 is 8.25 Å². The van der Waals surface area contributed by atoms with Crippen LogP contribution in [0.15, 0.2) is 35.4 Å². The van der Waals surface area contributed by atoms with Gasteiger partial charge in [0.1, 0.15) is 24.9 Å². The molecule has 0 radical (unpaired) electrons. The van der Waals surface area contributed by atoms with Crippen LogP contribution in [0.4, 0.5) is 11.6 Å². The van der Waals surface area contributed by atoms with Gasteiger partial charge in [0.05, 0.1) is 6.33 Å². The molecule has 2 saturated heterocycles. The molecule has 2 aromatic heterocycles. The van der Waals surface area contributed by atoms with Crippen molar-refractivity contribution in [3.05, 3.63) is 46.5 Å². The number of H-pyrrole nitrogens is 1. The lowest BCUT2D eigenvalue weighted by atomic mass is 10.1. The number of nitrogens with zero attached hydrogens (tertiary/aromatic N) is 4. The summed E-state index contributed by atoms with van der Waals surface area (Å²) in [4.78, 5) is 33.9. The second-order valence-corrected chi connectivity index (χ2v) is 8.63. The first kappa shape index (κ1) is 21.9. The first-order chi connectivity index (χ1) is 15.8. The first-order valence-electron chi connectivity index (χ1n) is 10.1. The van der Waals surface area contributed by atoms with Crippen LogP contribution in [0, 0.1) is 0 Å². The zero-order chi connectivity index (χ0) is 23.3. The van der Waals surface area contributed by atoms with Crippen molar-refractivity contribution < 1.29 is 28.2 Å². The quantitative estimate of drug-likeness (QED) is 0.430. The van der Waals surface area contributed by atoms with Crippen molar-refractivity contribution in [1.82, 2.24) is 19.5 Å². The van der Waals surface area contributed by atoms with E-state index in [1.807, 2.05) is 43.3 Å². The molecule has 3 aromatic rings. The van der Waals surface area contributed by atoms with Crippen LogP contribution in [0.2, 0.25) is 0 Å². The fourth-order valence-corrected chi connectivity index (χ4v) is 4.32. The summed E-state index contributed by atoms with van der Waals surface area (Å²) >= 11 is 0. The second-order valence-electron chi connectivity index (χ2n) is 7.89. The van der Waals surface area contributed by atoms with Gasteiger partial charge in [0.25, 0.3) is 5.56 Å². The predicted octanol–water partition coefficient (Wildman–Crippen LogP) is 0.814. The Hall–Kier alpha value is -2.93. The topological polar surface area (TPSA) is 167 Å². The Morgan fingerprint density at radius 3 is 2.67 bits per heavy atom. The van der Waals surface area contributed by atoms with Gasteiger partial charge in [-0.15, -0.1) is 9.42 Å². The third-order valence-electron chi connectivity index (χ3n) is 5.60. The van der Waals surface area contributed by atoms with Gasteiger partial charge in [-0.3, -0.25) is 14.3 Å². The molecule has 6 atom stereocenters. The maximum absolute atomic E-state index is 12.2. The average Bonchev–Trinajstić information content (AvgIpc) is 3.46. The van der Waals surface area contributed by atoms with Crippen molar-refractivity contribution in [2.75, 3.05) is 31.3 Å². The van der Waals surface area contributed by atoms with Crippen molar-refractivity contribution in [3.63, 3.8) is 0 Å². The van der Waals surface area contributed by atoms with E-state index >= 15 is 0 Å². The number of fused-ring (bicyclic) bond motifs is 2. The van der Waals surface area contributed by atoms with Crippen LogP contribution in [0.5, 0.6) is 0 Å². The van der Waals surface area contributed by atoms with Gasteiger partial charge in [-0.25, -0.2) is 4.98 Å². The number of rotatable bonds is 6. The van der Waals surface area contributed by atoms with E-state index in [0.29, 0.717) is 0 Å². The molecular formula is C19H22N6O7P+. The fraction of sp³-hybridized carbons (Fsp3) is 0.421. The molecule has 13 nitrogen and oxygen atoms in total. The van der Waals surface area contributed by atoms with Crippen LogP contribution in [-0.4, -0.2) is 63.4 Å². The standard InChI is InChI=1S/C19H21N6O7P/c1-24(2)10-5-3-9(4-6-10)18-31-13-11(7-29-33(27)28)30-17(14(13)32-18)25-8-21-12-15(25)22-19(20)23-16(12)26/h3-6,8,11,13-14,17-18H,7H2,1-2H3,(H3-,20,22,23,26,27,28)/p+1/t11-,13?,14?,17-,18?/m1/s1. The van der Waals surface area contributed by atoms with Crippen LogP contribution in [0.3, 0.4) is 0 Å². The number of hydrogen-bond donors (Lipinski definition) is 3. The highest BCUT2D eigenvalue weighted by Crippen LogP contribution is 2.45. The van der Waals surface area contributed by atoms with Crippen molar-refractivity contribution in [1.29, 1.82) is 0 Å². The van der Waals surface area contributed by atoms with E-state index < -0.39 is 44.6 Å². The van der Waals surface area contributed by atoms with E-state index in [9.17, 15) is 9.36 Å². The maximum Gasteiger partial charge on any atom is 0.694 e. The Balaban J connectivity index is 1.47. The van der Waals surface area contributed by atoms with Gasteiger partial charge >= 0.3 is 8.25 Å². The molecule has 0 spiro atoms. The number of nitrogens with two attached hydrogens (primary N) is 1. The summed E-state index contributed by atoms with van der Waals surface area (Å²) in [5.74, 6) is -0.0663. The predicted molar refractivity (Wildman–Crippen MR) is 116 cm³/mol. The minimum Gasteiger partial charge on any atom is -0.378 e. The van der Waals surface area contributed by atoms with Crippen LogP contribution in [-0.2, 0) is 23.3 Å². The number of benzene rings is 1. The molecule has 1 aromatic carbocycles. The van der Waals surface area contributed by atoms with Gasteiger partial charge in [0.2, 0.25) is 5.95 Å². The maximum atomic E-state index is 12.2. The first-order valence-corrected chi connectivity index (χ1v) is 11.2. The van der Waals surface area contributed by atoms with Crippen molar-refractivity contribution in [3.8, 4) is 0 Å². The lowest BCUT2D eigenvalue weighted by Crippen LogP contribution is -2.31. The third-order valence-corrected chi connectivity index (χ3v) is 5.97.